The summed E-state index contributed by atoms with van der Waals surface area (Å²) >= 11 is 0. The second kappa shape index (κ2) is 18.6. The van der Waals surface area contributed by atoms with E-state index in [1.165, 1.54) is 0 Å². The second-order valence-corrected chi connectivity index (χ2v) is 12.2. The van der Waals surface area contributed by atoms with Crippen molar-refractivity contribution in [2.24, 2.45) is 11.5 Å². The van der Waals surface area contributed by atoms with Crippen LogP contribution in [0.1, 0.15) is 107 Å². The molecule has 0 aliphatic heterocycles. The number of ether oxygens (including phenoxy) is 5. The molecule has 0 aromatic rings. The Morgan fingerprint density at radius 1 is 0.439 bits per heavy atom. The molecule has 0 aromatic heterocycles. The Balaban J connectivity index is 3.98. The molecule has 4 N–H and O–H groups in total. The van der Waals surface area contributed by atoms with Crippen LogP contribution >= 0.6 is 0 Å². The van der Waals surface area contributed by atoms with Gasteiger partial charge in [0.1, 0.15) is 22.4 Å². The number of ketones is 2. The Bertz CT molecular complexity index is 757. The standard InChI is InChI=1S/C30H56N2O9/c1-27(2,23(33)15-11-9-13-17-38-29(5,6)25(31)35)40-21-19-37-20-22-41-28(3,4)24(34)16-12-10-14-18-39-30(7,8)26(32)36/h9-22H2,1-8H3,(H2,31,35)(H2,32,36). The second-order valence-electron chi connectivity index (χ2n) is 12.2. The first-order chi connectivity index (χ1) is 18.8. The van der Waals surface area contributed by atoms with Crippen LogP contribution in [0, 0.1) is 0 Å². The zero-order valence-corrected chi connectivity index (χ0v) is 26.7. The molecular weight excluding hydrogens is 532 g/mol. The fourth-order valence-corrected chi connectivity index (χ4v) is 3.50. The molecule has 0 spiro atoms. The molecule has 41 heavy (non-hydrogen) atoms. The summed E-state index contributed by atoms with van der Waals surface area (Å²) in [6.45, 7) is 15.5. The summed E-state index contributed by atoms with van der Waals surface area (Å²) in [5.74, 6) is -0.976. The number of hydrogen-bond donors (Lipinski definition) is 2. The van der Waals surface area contributed by atoms with E-state index < -0.39 is 34.2 Å². The van der Waals surface area contributed by atoms with E-state index in [0.717, 1.165) is 25.7 Å². The van der Waals surface area contributed by atoms with Crippen molar-refractivity contribution >= 4 is 23.4 Å². The van der Waals surface area contributed by atoms with Crippen molar-refractivity contribution in [3.8, 4) is 0 Å². The molecule has 0 rings (SSSR count). The third kappa shape index (κ3) is 16.9. The third-order valence-electron chi connectivity index (χ3n) is 6.93. The van der Waals surface area contributed by atoms with E-state index in [0.29, 0.717) is 52.1 Å². The molecular formula is C30H56N2O9. The molecule has 2 amide bonds. The maximum absolute atomic E-state index is 12.5. The number of unbranched alkanes of at least 4 members (excludes halogenated alkanes) is 4. The molecule has 11 nitrogen and oxygen atoms in total. The molecule has 0 atom stereocenters. The van der Waals surface area contributed by atoms with Gasteiger partial charge in [0.15, 0.2) is 11.6 Å². The monoisotopic (exact) mass is 588 g/mol. The van der Waals surface area contributed by atoms with Crippen LogP contribution < -0.4 is 11.5 Å². The number of hydrogen-bond acceptors (Lipinski definition) is 9. The predicted octanol–water partition coefficient (Wildman–Crippen LogP) is 3.41. The summed E-state index contributed by atoms with van der Waals surface area (Å²) in [5, 5.41) is 0. The molecule has 0 heterocycles. The van der Waals surface area contributed by atoms with Gasteiger partial charge in [0.2, 0.25) is 11.8 Å². The van der Waals surface area contributed by atoms with E-state index in [-0.39, 0.29) is 24.8 Å². The van der Waals surface area contributed by atoms with Gasteiger partial charge in [-0.3, -0.25) is 19.2 Å². The first-order valence-corrected chi connectivity index (χ1v) is 14.6. The van der Waals surface area contributed by atoms with Gasteiger partial charge in [-0.15, -0.1) is 0 Å². The minimum atomic E-state index is -0.988. The number of carbonyl (C=O) groups is 4. The number of primary amides is 2. The first-order valence-electron chi connectivity index (χ1n) is 14.6. The Morgan fingerprint density at radius 3 is 1.07 bits per heavy atom. The molecule has 0 saturated heterocycles. The molecule has 0 fully saturated rings. The molecule has 240 valence electrons. The highest BCUT2D eigenvalue weighted by Crippen LogP contribution is 2.18. The fourth-order valence-electron chi connectivity index (χ4n) is 3.50. The van der Waals surface area contributed by atoms with Crippen LogP contribution in [0.4, 0.5) is 0 Å². The van der Waals surface area contributed by atoms with Crippen LogP contribution in [-0.2, 0) is 42.9 Å². The van der Waals surface area contributed by atoms with Crippen LogP contribution in [0.2, 0.25) is 0 Å². The topological polar surface area (TPSA) is 166 Å². The Morgan fingerprint density at radius 2 is 0.756 bits per heavy atom. The molecule has 11 heteroatoms. The van der Waals surface area contributed by atoms with E-state index >= 15 is 0 Å². The highest BCUT2D eigenvalue weighted by molar-refractivity contribution is 5.87. The zero-order chi connectivity index (χ0) is 31.7. The average Bonchev–Trinajstić information content (AvgIpc) is 2.86. The van der Waals surface area contributed by atoms with Crippen molar-refractivity contribution in [2.45, 2.75) is 129 Å². The normalized spacial score (nSPS) is 12.9. The molecule has 0 aromatic carbocycles. The van der Waals surface area contributed by atoms with Gasteiger partial charge in [0.25, 0.3) is 0 Å². The molecule has 0 aliphatic rings. The summed E-state index contributed by atoms with van der Waals surface area (Å²) in [5.41, 5.74) is 6.75. The Labute approximate surface area is 246 Å². The lowest BCUT2D eigenvalue weighted by molar-refractivity contribution is -0.145. The molecule has 0 bridgehead atoms. The van der Waals surface area contributed by atoms with Crippen LogP contribution in [0.25, 0.3) is 0 Å². The van der Waals surface area contributed by atoms with Crippen LogP contribution in [0.5, 0.6) is 0 Å². The lowest BCUT2D eigenvalue weighted by atomic mass is 9.98. The number of amides is 2. The maximum Gasteiger partial charge on any atom is 0.249 e. The summed E-state index contributed by atoms with van der Waals surface area (Å²) in [6.07, 6.45) is 5.26. The Kier molecular flexibility index (Phi) is 17.7. The van der Waals surface area contributed by atoms with Crippen molar-refractivity contribution in [3.05, 3.63) is 0 Å². The predicted molar refractivity (Wildman–Crippen MR) is 156 cm³/mol. The largest absolute Gasteiger partial charge is 0.377 e. The van der Waals surface area contributed by atoms with Gasteiger partial charge in [-0.2, -0.15) is 0 Å². The first kappa shape index (κ1) is 39.1. The lowest BCUT2D eigenvalue weighted by Crippen LogP contribution is -2.40. The molecule has 0 unspecified atom stereocenters. The zero-order valence-electron chi connectivity index (χ0n) is 26.7. The summed E-state index contributed by atoms with van der Waals surface area (Å²) in [4.78, 5) is 47.6. The summed E-state index contributed by atoms with van der Waals surface area (Å²) < 4.78 is 28.0. The smallest absolute Gasteiger partial charge is 0.249 e. The van der Waals surface area contributed by atoms with E-state index in [1.807, 2.05) is 0 Å². The van der Waals surface area contributed by atoms with Crippen molar-refractivity contribution in [1.82, 2.24) is 0 Å². The van der Waals surface area contributed by atoms with Gasteiger partial charge >= 0.3 is 0 Å². The highest BCUT2D eigenvalue weighted by Gasteiger charge is 2.29. The number of nitrogens with two attached hydrogens (primary N) is 2. The van der Waals surface area contributed by atoms with Gasteiger partial charge in [-0.25, -0.2) is 0 Å². The molecule has 0 saturated carbocycles. The number of Topliss-reactive ketones (excluding diaryl/α,β-unsaturated/α-hetero) is 2. The van der Waals surface area contributed by atoms with Gasteiger partial charge in [-0.05, 0) is 81.1 Å². The van der Waals surface area contributed by atoms with Crippen molar-refractivity contribution in [2.75, 3.05) is 39.6 Å². The fraction of sp³-hybridized carbons (Fsp3) is 0.867. The summed E-state index contributed by atoms with van der Waals surface area (Å²) in [7, 11) is 0. The SMILES string of the molecule is CC(C)(OCCCCCC(=O)C(C)(C)OCCOCCOC(C)(C)C(=O)CCCCCOC(C)(C)C(N)=O)C(N)=O. The minimum absolute atomic E-state index is 0.0153. The number of carbonyl (C=O) groups excluding carboxylic acids is 4. The van der Waals surface area contributed by atoms with Gasteiger partial charge < -0.3 is 35.2 Å². The molecule has 0 radical (unpaired) electrons. The highest BCUT2D eigenvalue weighted by atomic mass is 16.6. The van der Waals surface area contributed by atoms with Crippen molar-refractivity contribution < 1.29 is 42.9 Å². The van der Waals surface area contributed by atoms with Crippen LogP contribution in [-0.4, -0.2) is 85.4 Å². The lowest BCUT2D eigenvalue weighted by Gasteiger charge is -2.25. The quantitative estimate of drug-likeness (QED) is 0.144. The van der Waals surface area contributed by atoms with E-state index in [1.54, 1.807) is 55.4 Å². The van der Waals surface area contributed by atoms with Gasteiger partial charge in [0.05, 0.1) is 26.4 Å². The average molecular weight is 589 g/mol. The van der Waals surface area contributed by atoms with Crippen molar-refractivity contribution in [1.29, 1.82) is 0 Å². The Hall–Kier alpha value is -1.92. The van der Waals surface area contributed by atoms with Crippen LogP contribution in [0.3, 0.4) is 0 Å². The maximum atomic E-state index is 12.5. The van der Waals surface area contributed by atoms with Crippen molar-refractivity contribution in [3.63, 3.8) is 0 Å². The van der Waals surface area contributed by atoms with E-state index in [2.05, 4.69) is 0 Å². The summed E-state index contributed by atoms with van der Waals surface area (Å²) in [6, 6.07) is 0. The minimum Gasteiger partial charge on any atom is -0.377 e. The third-order valence-corrected chi connectivity index (χ3v) is 6.93. The van der Waals surface area contributed by atoms with E-state index in [4.69, 9.17) is 35.2 Å². The van der Waals surface area contributed by atoms with Crippen LogP contribution in [0.15, 0.2) is 0 Å². The number of rotatable bonds is 26. The van der Waals surface area contributed by atoms with Gasteiger partial charge in [0, 0.05) is 26.1 Å². The van der Waals surface area contributed by atoms with Gasteiger partial charge in [-0.1, -0.05) is 12.8 Å². The molecule has 0 aliphatic carbocycles. The van der Waals surface area contributed by atoms with E-state index in [9.17, 15) is 19.2 Å².